The highest BCUT2D eigenvalue weighted by molar-refractivity contribution is 6.39. The third kappa shape index (κ3) is 5.61. The lowest BCUT2D eigenvalue weighted by Gasteiger charge is -2.26. The van der Waals surface area contributed by atoms with Gasteiger partial charge in [0.25, 0.3) is 17.7 Å². The van der Waals surface area contributed by atoms with E-state index in [2.05, 4.69) is 10.6 Å². The Bertz CT molecular complexity index is 1400. The summed E-state index contributed by atoms with van der Waals surface area (Å²) in [7, 11) is 0. The number of imide groups is 2. The molecule has 5 amide bonds. The third-order valence-electron chi connectivity index (χ3n) is 5.39. The number of carbonyl (C=O) groups excluding carboxylic acids is 4. The number of barbiturate groups is 1. The summed E-state index contributed by atoms with van der Waals surface area (Å²) < 4.78 is 5.57. The van der Waals surface area contributed by atoms with E-state index in [-0.39, 0.29) is 23.8 Å². The second kappa shape index (κ2) is 10.5. The number of amides is 5. The van der Waals surface area contributed by atoms with Crippen molar-refractivity contribution in [1.82, 2.24) is 5.32 Å². The van der Waals surface area contributed by atoms with Gasteiger partial charge in [0.05, 0.1) is 5.69 Å². The summed E-state index contributed by atoms with van der Waals surface area (Å²) in [5.74, 6) is -1.57. The minimum atomic E-state index is -0.862. The zero-order chi connectivity index (χ0) is 25.8. The molecule has 0 aliphatic carbocycles. The third-order valence-corrected chi connectivity index (χ3v) is 5.80. The van der Waals surface area contributed by atoms with Crippen molar-refractivity contribution in [3.63, 3.8) is 0 Å². The van der Waals surface area contributed by atoms with Crippen molar-refractivity contribution in [2.45, 2.75) is 13.8 Å². The number of hydrogen-bond acceptors (Lipinski definition) is 5. The zero-order valence-corrected chi connectivity index (χ0v) is 20.3. The number of urea groups is 1. The fourth-order valence-electron chi connectivity index (χ4n) is 3.46. The molecule has 182 valence electrons. The molecule has 0 aromatic heterocycles. The first-order valence-corrected chi connectivity index (χ1v) is 11.4. The Balaban J connectivity index is 1.49. The SMILES string of the molecule is Cc1ccc(NC(=O)COc2cccc(/C=C3/C(=O)NC(=O)N(c4ccc(C)c(Cl)c4)C3=O)c2)cc1. The van der Waals surface area contributed by atoms with E-state index in [9.17, 15) is 19.2 Å². The molecular weight excluding hydrogens is 482 g/mol. The highest BCUT2D eigenvalue weighted by Gasteiger charge is 2.37. The average Bonchev–Trinajstić information content (AvgIpc) is 2.84. The van der Waals surface area contributed by atoms with Crippen LogP contribution in [0, 0.1) is 13.8 Å². The molecule has 0 atom stereocenters. The Morgan fingerprint density at radius 1 is 1.03 bits per heavy atom. The molecule has 0 bridgehead atoms. The molecule has 3 aromatic carbocycles. The highest BCUT2D eigenvalue weighted by Crippen LogP contribution is 2.27. The molecule has 36 heavy (non-hydrogen) atoms. The molecule has 3 aromatic rings. The number of aryl methyl sites for hydroxylation is 2. The van der Waals surface area contributed by atoms with Crippen LogP contribution in [-0.4, -0.2) is 30.4 Å². The second-order valence-corrected chi connectivity index (χ2v) is 8.57. The Labute approximate surface area is 212 Å². The first kappa shape index (κ1) is 24.7. The van der Waals surface area contributed by atoms with E-state index in [1.807, 2.05) is 19.1 Å². The van der Waals surface area contributed by atoms with Crippen molar-refractivity contribution >= 4 is 52.8 Å². The quantitative estimate of drug-likeness (QED) is 0.376. The molecule has 4 rings (SSSR count). The fraction of sp³-hybridized carbons (Fsp3) is 0.111. The van der Waals surface area contributed by atoms with Crippen LogP contribution in [0.3, 0.4) is 0 Å². The summed E-state index contributed by atoms with van der Waals surface area (Å²) >= 11 is 6.15. The minimum absolute atomic E-state index is 0.232. The predicted octanol–water partition coefficient (Wildman–Crippen LogP) is 4.64. The van der Waals surface area contributed by atoms with Gasteiger partial charge in [0.15, 0.2) is 6.61 Å². The molecule has 0 radical (unpaired) electrons. The maximum absolute atomic E-state index is 13.1. The minimum Gasteiger partial charge on any atom is -0.484 e. The van der Waals surface area contributed by atoms with Crippen LogP contribution in [0.4, 0.5) is 16.2 Å². The van der Waals surface area contributed by atoms with Crippen LogP contribution in [-0.2, 0) is 14.4 Å². The highest BCUT2D eigenvalue weighted by atomic mass is 35.5. The number of halogens is 1. The molecule has 0 saturated carbocycles. The van der Waals surface area contributed by atoms with Gasteiger partial charge in [-0.2, -0.15) is 0 Å². The molecule has 9 heteroatoms. The van der Waals surface area contributed by atoms with Crippen LogP contribution in [0.5, 0.6) is 5.75 Å². The maximum atomic E-state index is 13.1. The first-order chi connectivity index (χ1) is 17.2. The van der Waals surface area contributed by atoms with Crippen LogP contribution >= 0.6 is 11.6 Å². The number of nitrogens with zero attached hydrogens (tertiary/aromatic N) is 1. The van der Waals surface area contributed by atoms with Crippen molar-refractivity contribution < 1.29 is 23.9 Å². The van der Waals surface area contributed by atoms with Crippen LogP contribution in [0.1, 0.15) is 16.7 Å². The zero-order valence-electron chi connectivity index (χ0n) is 19.5. The van der Waals surface area contributed by atoms with Crippen molar-refractivity contribution in [3.8, 4) is 5.75 Å². The number of hydrogen-bond donors (Lipinski definition) is 2. The van der Waals surface area contributed by atoms with Crippen molar-refractivity contribution in [2.75, 3.05) is 16.8 Å². The normalized spacial score (nSPS) is 14.6. The number of rotatable bonds is 6. The van der Waals surface area contributed by atoms with Crippen molar-refractivity contribution in [3.05, 3.63) is 94.0 Å². The number of nitrogens with one attached hydrogen (secondary N) is 2. The standard InChI is InChI=1S/C27H22ClN3O5/c1-16-6-9-19(10-7-16)29-24(32)15-36-21-5-3-4-18(12-21)13-22-25(33)30-27(35)31(26(22)34)20-11-8-17(2)23(28)14-20/h3-14H,15H2,1-2H3,(H,29,32)(H,30,33,35)/b22-13-. The van der Waals surface area contributed by atoms with Gasteiger partial charge >= 0.3 is 6.03 Å². The Hall–Kier alpha value is -4.43. The molecule has 2 N–H and O–H groups in total. The summed E-state index contributed by atoms with van der Waals surface area (Å²) in [4.78, 5) is 51.0. The maximum Gasteiger partial charge on any atom is 0.335 e. The van der Waals surface area contributed by atoms with Gasteiger partial charge < -0.3 is 10.1 Å². The summed E-state index contributed by atoms with van der Waals surface area (Å²) in [5, 5.41) is 5.30. The second-order valence-electron chi connectivity index (χ2n) is 8.17. The Morgan fingerprint density at radius 2 is 1.78 bits per heavy atom. The lowest BCUT2D eigenvalue weighted by molar-refractivity contribution is -0.122. The molecule has 1 aliphatic rings. The van der Waals surface area contributed by atoms with Gasteiger partial charge in [0.1, 0.15) is 11.3 Å². The predicted molar refractivity (Wildman–Crippen MR) is 137 cm³/mol. The topological polar surface area (TPSA) is 105 Å². The van der Waals surface area contributed by atoms with Gasteiger partial charge in [-0.05, 0) is 67.4 Å². The van der Waals surface area contributed by atoms with E-state index in [1.54, 1.807) is 55.5 Å². The van der Waals surface area contributed by atoms with Gasteiger partial charge in [-0.15, -0.1) is 0 Å². The fourth-order valence-corrected chi connectivity index (χ4v) is 3.63. The van der Waals surface area contributed by atoms with Gasteiger partial charge in [-0.25, -0.2) is 9.69 Å². The number of benzene rings is 3. The van der Waals surface area contributed by atoms with E-state index in [4.69, 9.17) is 16.3 Å². The lowest BCUT2D eigenvalue weighted by Crippen LogP contribution is -2.54. The summed E-state index contributed by atoms with van der Waals surface area (Å²) in [6.45, 7) is 3.51. The van der Waals surface area contributed by atoms with Crippen molar-refractivity contribution in [1.29, 1.82) is 0 Å². The van der Waals surface area contributed by atoms with E-state index >= 15 is 0 Å². The number of anilines is 2. The Kier molecular flexibility index (Phi) is 7.17. The van der Waals surface area contributed by atoms with Crippen LogP contribution in [0.2, 0.25) is 5.02 Å². The molecule has 0 spiro atoms. The van der Waals surface area contributed by atoms with E-state index < -0.39 is 17.8 Å². The molecule has 0 unspecified atom stereocenters. The van der Waals surface area contributed by atoms with Crippen molar-refractivity contribution in [2.24, 2.45) is 0 Å². The average molecular weight is 504 g/mol. The summed E-state index contributed by atoms with van der Waals surface area (Å²) in [5.41, 5.74) is 2.99. The lowest BCUT2D eigenvalue weighted by atomic mass is 10.1. The monoisotopic (exact) mass is 503 g/mol. The molecular formula is C27H22ClN3O5. The molecule has 1 fully saturated rings. The van der Waals surface area contributed by atoms with E-state index in [1.165, 1.54) is 12.1 Å². The summed E-state index contributed by atoms with van der Waals surface area (Å²) in [6.07, 6.45) is 1.35. The van der Waals surface area contributed by atoms with E-state index in [0.29, 0.717) is 22.0 Å². The van der Waals surface area contributed by atoms with Gasteiger partial charge in [0, 0.05) is 10.7 Å². The van der Waals surface area contributed by atoms with Gasteiger partial charge in [-0.3, -0.25) is 19.7 Å². The largest absolute Gasteiger partial charge is 0.484 e. The van der Waals surface area contributed by atoms with Gasteiger partial charge in [-0.1, -0.05) is 47.5 Å². The number of carbonyl (C=O) groups is 4. The first-order valence-electron chi connectivity index (χ1n) is 11.0. The molecule has 1 aliphatic heterocycles. The molecule has 1 saturated heterocycles. The molecule has 8 nitrogen and oxygen atoms in total. The van der Waals surface area contributed by atoms with Crippen LogP contribution in [0.15, 0.2) is 72.3 Å². The van der Waals surface area contributed by atoms with Crippen LogP contribution in [0.25, 0.3) is 6.08 Å². The van der Waals surface area contributed by atoms with Gasteiger partial charge in [0.2, 0.25) is 0 Å². The molecule has 1 heterocycles. The van der Waals surface area contributed by atoms with Crippen LogP contribution < -0.4 is 20.3 Å². The summed E-state index contributed by atoms with van der Waals surface area (Å²) in [6, 6.07) is 17.8. The number of ether oxygens (including phenoxy) is 1. The van der Waals surface area contributed by atoms with E-state index in [0.717, 1.165) is 16.0 Å². The Morgan fingerprint density at radius 3 is 2.50 bits per heavy atom. The smallest absolute Gasteiger partial charge is 0.335 e.